The molecule has 102 valence electrons. The van der Waals surface area contributed by atoms with Gasteiger partial charge >= 0.3 is 0 Å². The SMILES string of the molecule is CCC(CCN)CNc1ccc(S(C)(=O)=O)cc1. The van der Waals surface area contributed by atoms with Gasteiger partial charge in [-0.3, -0.25) is 0 Å². The Bertz CT molecular complexity index is 454. The van der Waals surface area contributed by atoms with Crippen molar-refractivity contribution in [1.29, 1.82) is 0 Å². The molecule has 18 heavy (non-hydrogen) atoms. The fourth-order valence-electron chi connectivity index (χ4n) is 1.77. The molecule has 1 unspecified atom stereocenters. The maximum atomic E-state index is 11.3. The molecule has 0 saturated heterocycles. The molecule has 0 aromatic heterocycles. The van der Waals surface area contributed by atoms with E-state index in [-0.39, 0.29) is 0 Å². The zero-order chi connectivity index (χ0) is 13.6. The van der Waals surface area contributed by atoms with Crippen LogP contribution in [0.15, 0.2) is 29.2 Å². The Labute approximate surface area is 110 Å². The first kappa shape index (κ1) is 15.0. The highest BCUT2D eigenvalue weighted by molar-refractivity contribution is 7.90. The quantitative estimate of drug-likeness (QED) is 0.793. The van der Waals surface area contributed by atoms with Gasteiger partial charge in [0.15, 0.2) is 9.84 Å². The molecule has 0 aliphatic rings. The molecule has 0 aliphatic carbocycles. The minimum atomic E-state index is -3.11. The maximum absolute atomic E-state index is 11.3. The first-order valence-electron chi connectivity index (χ1n) is 6.21. The molecule has 0 bridgehead atoms. The highest BCUT2D eigenvalue weighted by Crippen LogP contribution is 2.15. The summed E-state index contributed by atoms with van der Waals surface area (Å²) in [6.07, 6.45) is 3.31. The van der Waals surface area contributed by atoms with Gasteiger partial charge in [0.2, 0.25) is 0 Å². The van der Waals surface area contributed by atoms with Gasteiger partial charge in [-0.15, -0.1) is 0 Å². The van der Waals surface area contributed by atoms with E-state index in [9.17, 15) is 8.42 Å². The molecule has 1 atom stereocenters. The summed E-state index contributed by atoms with van der Waals surface area (Å²) in [6.45, 7) is 3.72. The average Bonchev–Trinajstić information content (AvgIpc) is 2.34. The third-order valence-corrected chi connectivity index (χ3v) is 4.16. The minimum absolute atomic E-state index is 0.349. The van der Waals surface area contributed by atoms with E-state index in [0.29, 0.717) is 17.4 Å². The smallest absolute Gasteiger partial charge is 0.175 e. The highest BCUT2D eigenvalue weighted by Gasteiger charge is 2.07. The van der Waals surface area contributed by atoms with Crippen LogP contribution in [0.4, 0.5) is 5.69 Å². The third kappa shape index (κ3) is 4.66. The molecule has 3 N–H and O–H groups in total. The Morgan fingerprint density at radius 2 is 1.89 bits per heavy atom. The lowest BCUT2D eigenvalue weighted by Gasteiger charge is -2.15. The van der Waals surface area contributed by atoms with Crippen LogP contribution in [0.2, 0.25) is 0 Å². The summed E-state index contributed by atoms with van der Waals surface area (Å²) in [7, 11) is -3.11. The first-order chi connectivity index (χ1) is 8.47. The lowest BCUT2D eigenvalue weighted by atomic mass is 10.0. The maximum Gasteiger partial charge on any atom is 0.175 e. The fraction of sp³-hybridized carbons (Fsp3) is 0.538. The van der Waals surface area contributed by atoms with Crippen LogP contribution in [-0.2, 0) is 9.84 Å². The number of anilines is 1. The van der Waals surface area contributed by atoms with Crippen LogP contribution < -0.4 is 11.1 Å². The van der Waals surface area contributed by atoms with Crippen molar-refractivity contribution in [3.05, 3.63) is 24.3 Å². The Kier molecular flexibility index (Phi) is 5.62. The van der Waals surface area contributed by atoms with E-state index in [1.807, 2.05) is 0 Å². The number of sulfone groups is 1. The van der Waals surface area contributed by atoms with Crippen molar-refractivity contribution >= 4 is 15.5 Å². The van der Waals surface area contributed by atoms with E-state index in [1.165, 1.54) is 6.26 Å². The van der Waals surface area contributed by atoms with E-state index in [0.717, 1.165) is 25.1 Å². The average molecular weight is 270 g/mol. The number of benzene rings is 1. The van der Waals surface area contributed by atoms with Crippen LogP contribution in [0, 0.1) is 5.92 Å². The monoisotopic (exact) mass is 270 g/mol. The van der Waals surface area contributed by atoms with Gasteiger partial charge in [-0.05, 0) is 43.1 Å². The number of nitrogens with one attached hydrogen (secondary N) is 1. The molecule has 0 heterocycles. The van der Waals surface area contributed by atoms with E-state index in [4.69, 9.17) is 5.73 Å². The molecule has 1 aromatic rings. The molecule has 0 radical (unpaired) electrons. The van der Waals surface area contributed by atoms with Crippen molar-refractivity contribution in [2.75, 3.05) is 24.7 Å². The van der Waals surface area contributed by atoms with Crippen molar-refractivity contribution in [3.8, 4) is 0 Å². The van der Waals surface area contributed by atoms with Gasteiger partial charge in [0, 0.05) is 18.5 Å². The number of hydrogen-bond acceptors (Lipinski definition) is 4. The summed E-state index contributed by atoms with van der Waals surface area (Å²) >= 11 is 0. The second kappa shape index (κ2) is 6.75. The predicted octanol–water partition coefficient (Wildman–Crippen LogP) is 1.88. The molecule has 0 aliphatic heterocycles. The highest BCUT2D eigenvalue weighted by atomic mass is 32.2. The number of nitrogens with two attached hydrogens (primary N) is 1. The lowest BCUT2D eigenvalue weighted by molar-refractivity contribution is 0.501. The molecule has 0 fully saturated rings. The third-order valence-electron chi connectivity index (χ3n) is 3.03. The molecule has 1 rings (SSSR count). The molecule has 0 saturated carbocycles. The summed E-state index contributed by atoms with van der Waals surface area (Å²) < 4.78 is 22.6. The molecule has 5 heteroatoms. The van der Waals surface area contributed by atoms with Crippen molar-refractivity contribution in [1.82, 2.24) is 0 Å². The Morgan fingerprint density at radius 3 is 2.33 bits per heavy atom. The summed E-state index contributed by atoms with van der Waals surface area (Å²) in [5.74, 6) is 0.560. The summed E-state index contributed by atoms with van der Waals surface area (Å²) in [6, 6.07) is 6.85. The van der Waals surface area contributed by atoms with Crippen LogP contribution in [-0.4, -0.2) is 27.8 Å². The molecule has 0 amide bonds. The van der Waals surface area contributed by atoms with E-state index < -0.39 is 9.84 Å². The lowest BCUT2D eigenvalue weighted by Crippen LogP contribution is -2.17. The zero-order valence-electron chi connectivity index (χ0n) is 11.0. The number of rotatable bonds is 7. The predicted molar refractivity (Wildman–Crippen MR) is 75.5 cm³/mol. The molecular formula is C13H22N2O2S. The van der Waals surface area contributed by atoms with E-state index in [2.05, 4.69) is 12.2 Å². The second-order valence-corrected chi connectivity index (χ2v) is 6.54. The van der Waals surface area contributed by atoms with Crippen LogP contribution in [0.25, 0.3) is 0 Å². The minimum Gasteiger partial charge on any atom is -0.385 e. The Morgan fingerprint density at radius 1 is 1.28 bits per heavy atom. The van der Waals surface area contributed by atoms with E-state index >= 15 is 0 Å². The van der Waals surface area contributed by atoms with Gasteiger partial charge in [-0.25, -0.2) is 8.42 Å². The molecule has 0 spiro atoms. The van der Waals surface area contributed by atoms with Gasteiger partial charge in [0.05, 0.1) is 4.90 Å². The van der Waals surface area contributed by atoms with Gasteiger partial charge in [-0.1, -0.05) is 13.3 Å². The van der Waals surface area contributed by atoms with Crippen LogP contribution in [0.5, 0.6) is 0 Å². The molecule has 1 aromatic carbocycles. The van der Waals surface area contributed by atoms with Crippen molar-refractivity contribution in [3.63, 3.8) is 0 Å². The van der Waals surface area contributed by atoms with Crippen LogP contribution in [0.1, 0.15) is 19.8 Å². The zero-order valence-corrected chi connectivity index (χ0v) is 11.8. The largest absolute Gasteiger partial charge is 0.385 e. The number of hydrogen-bond donors (Lipinski definition) is 2. The Hall–Kier alpha value is -1.07. The van der Waals surface area contributed by atoms with Crippen LogP contribution >= 0.6 is 0 Å². The normalized spacial score (nSPS) is 13.3. The van der Waals surface area contributed by atoms with E-state index in [1.54, 1.807) is 24.3 Å². The van der Waals surface area contributed by atoms with Gasteiger partial charge in [0.25, 0.3) is 0 Å². The molecular weight excluding hydrogens is 248 g/mol. The second-order valence-electron chi connectivity index (χ2n) is 4.53. The van der Waals surface area contributed by atoms with Crippen molar-refractivity contribution in [2.24, 2.45) is 11.7 Å². The Balaban J connectivity index is 2.59. The van der Waals surface area contributed by atoms with Gasteiger partial charge in [0.1, 0.15) is 0 Å². The van der Waals surface area contributed by atoms with Crippen LogP contribution in [0.3, 0.4) is 0 Å². The summed E-state index contributed by atoms with van der Waals surface area (Å²) in [5.41, 5.74) is 6.49. The molecule has 4 nitrogen and oxygen atoms in total. The standard InChI is InChI=1S/C13H22N2O2S/c1-3-11(8-9-14)10-15-12-4-6-13(7-5-12)18(2,16)17/h4-7,11,15H,3,8-10,14H2,1-2H3. The van der Waals surface area contributed by atoms with Gasteiger partial charge in [-0.2, -0.15) is 0 Å². The fourth-order valence-corrected chi connectivity index (χ4v) is 2.40. The van der Waals surface area contributed by atoms with Gasteiger partial charge < -0.3 is 11.1 Å². The first-order valence-corrected chi connectivity index (χ1v) is 8.10. The van der Waals surface area contributed by atoms with Crippen molar-refractivity contribution in [2.45, 2.75) is 24.7 Å². The summed E-state index contributed by atoms with van der Waals surface area (Å²) in [5, 5.41) is 3.31. The van der Waals surface area contributed by atoms with Crippen molar-refractivity contribution < 1.29 is 8.42 Å². The summed E-state index contributed by atoms with van der Waals surface area (Å²) in [4.78, 5) is 0.349. The topological polar surface area (TPSA) is 72.2 Å².